The molecule has 1 aliphatic rings. The maximum atomic E-state index is 13.0. The Labute approximate surface area is 170 Å². The van der Waals surface area contributed by atoms with Crippen molar-refractivity contribution in [2.24, 2.45) is 5.92 Å². The molecule has 156 valence electrons. The number of hydrogen-bond acceptors (Lipinski definition) is 4. The van der Waals surface area contributed by atoms with Crippen LogP contribution in [0.2, 0.25) is 0 Å². The van der Waals surface area contributed by atoms with Gasteiger partial charge in [0.05, 0.1) is 5.52 Å². The van der Waals surface area contributed by atoms with E-state index in [1.54, 1.807) is 6.20 Å². The molecule has 2 aromatic rings. The Balaban J connectivity index is 1.80. The number of allylic oxidation sites excluding steroid dienone is 1. The van der Waals surface area contributed by atoms with Crippen LogP contribution in [0.3, 0.4) is 0 Å². The molecule has 1 aromatic heterocycles. The Kier molecular flexibility index (Phi) is 6.15. The van der Waals surface area contributed by atoms with E-state index in [0.717, 1.165) is 29.5 Å². The van der Waals surface area contributed by atoms with Crippen LogP contribution in [0.4, 0.5) is 14.7 Å². The summed E-state index contributed by atoms with van der Waals surface area (Å²) in [6.07, 6.45) is 5.10. The van der Waals surface area contributed by atoms with Gasteiger partial charge in [-0.2, -0.15) is 0 Å². The SMILES string of the molecule is C/C=C(/c1ccc2cnc(NC(=O)C3CC(F)(F)C3)nc2c1)N(C)C(C)CCC. The van der Waals surface area contributed by atoms with Crippen molar-refractivity contribution in [1.82, 2.24) is 14.9 Å². The maximum absolute atomic E-state index is 13.0. The van der Waals surface area contributed by atoms with E-state index in [1.165, 1.54) is 0 Å². The average molecular weight is 402 g/mol. The summed E-state index contributed by atoms with van der Waals surface area (Å²) in [7, 11) is 2.08. The molecule has 0 radical (unpaired) electrons. The lowest BCUT2D eigenvalue weighted by atomic mass is 9.81. The van der Waals surface area contributed by atoms with Gasteiger partial charge >= 0.3 is 0 Å². The number of hydrogen-bond donors (Lipinski definition) is 1. The van der Waals surface area contributed by atoms with Crippen LogP contribution in [0.25, 0.3) is 16.6 Å². The first-order valence-corrected chi connectivity index (χ1v) is 10.1. The van der Waals surface area contributed by atoms with Crippen molar-refractivity contribution in [3.8, 4) is 0 Å². The van der Waals surface area contributed by atoms with Crippen molar-refractivity contribution >= 4 is 28.5 Å². The summed E-state index contributed by atoms with van der Waals surface area (Å²) in [5, 5.41) is 3.42. The van der Waals surface area contributed by atoms with Crippen molar-refractivity contribution < 1.29 is 13.6 Å². The van der Waals surface area contributed by atoms with E-state index in [9.17, 15) is 13.6 Å². The highest BCUT2D eigenvalue weighted by molar-refractivity contribution is 5.93. The fourth-order valence-corrected chi connectivity index (χ4v) is 3.72. The third-order valence-electron chi connectivity index (χ3n) is 5.60. The summed E-state index contributed by atoms with van der Waals surface area (Å²) < 4.78 is 26.0. The number of alkyl halides is 2. The van der Waals surface area contributed by atoms with Crippen LogP contribution < -0.4 is 5.32 Å². The van der Waals surface area contributed by atoms with E-state index in [4.69, 9.17) is 0 Å². The number of benzene rings is 1. The van der Waals surface area contributed by atoms with Gasteiger partial charge in [0.1, 0.15) is 0 Å². The van der Waals surface area contributed by atoms with E-state index < -0.39 is 30.6 Å². The highest BCUT2D eigenvalue weighted by Crippen LogP contribution is 2.42. The summed E-state index contributed by atoms with van der Waals surface area (Å²) in [6, 6.07) is 6.35. The van der Waals surface area contributed by atoms with Crippen LogP contribution >= 0.6 is 0 Å². The minimum atomic E-state index is -2.73. The number of nitrogens with zero attached hydrogens (tertiary/aromatic N) is 3. The topological polar surface area (TPSA) is 58.1 Å². The molecule has 7 heteroatoms. The summed E-state index contributed by atoms with van der Waals surface area (Å²) in [6.45, 7) is 6.38. The van der Waals surface area contributed by atoms with Crippen molar-refractivity contribution in [2.75, 3.05) is 12.4 Å². The number of rotatable bonds is 7. The molecule has 3 rings (SSSR count). The second kappa shape index (κ2) is 8.43. The van der Waals surface area contributed by atoms with E-state index in [0.29, 0.717) is 11.6 Å². The molecule has 1 N–H and O–H groups in total. The highest BCUT2D eigenvalue weighted by atomic mass is 19.3. The van der Waals surface area contributed by atoms with Gasteiger partial charge in [0.2, 0.25) is 17.8 Å². The fourth-order valence-electron chi connectivity index (χ4n) is 3.72. The molecule has 1 aliphatic carbocycles. The molecule has 1 fully saturated rings. The number of carbonyl (C=O) groups is 1. The van der Waals surface area contributed by atoms with Crippen LogP contribution in [0.15, 0.2) is 30.5 Å². The summed E-state index contributed by atoms with van der Waals surface area (Å²) >= 11 is 0. The predicted molar refractivity (Wildman–Crippen MR) is 112 cm³/mol. The summed E-state index contributed by atoms with van der Waals surface area (Å²) in [5.41, 5.74) is 2.83. The lowest BCUT2D eigenvalue weighted by Gasteiger charge is -2.33. The van der Waals surface area contributed by atoms with Crippen molar-refractivity contribution in [3.05, 3.63) is 36.0 Å². The highest BCUT2D eigenvalue weighted by Gasteiger charge is 2.48. The molecule has 0 spiro atoms. The molecular weight excluding hydrogens is 374 g/mol. The van der Waals surface area contributed by atoms with Gasteiger partial charge in [0, 0.05) is 49.1 Å². The third-order valence-corrected chi connectivity index (χ3v) is 5.60. The molecule has 0 saturated heterocycles. The Hall–Kier alpha value is -2.57. The molecule has 1 atom stereocenters. The molecule has 0 aliphatic heterocycles. The molecule has 1 amide bonds. The second-order valence-electron chi connectivity index (χ2n) is 7.84. The van der Waals surface area contributed by atoms with Gasteiger partial charge in [-0.05, 0) is 31.9 Å². The lowest BCUT2D eigenvalue weighted by molar-refractivity contribution is -0.145. The van der Waals surface area contributed by atoms with Gasteiger partial charge in [0.25, 0.3) is 0 Å². The van der Waals surface area contributed by atoms with Crippen LogP contribution in [0.1, 0.15) is 52.0 Å². The Morgan fingerprint density at radius 2 is 2.14 bits per heavy atom. The van der Waals surface area contributed by atoms with Gasteiger partial charge in [-0.3, -0.25) is 10.1 Å². The van der Waals surface area contributed by atoms with E-state index >= 15 is 0 Å². The summed E-state index contributed by atoms with van der Waals surface area (Å²) in [4.78, 5) is 23.0. The first-order valence-electron chi connectivity index (χ1n) is 10.1. The van der Waals surface area contributed by atoms with Crippen molar-refractivity contribution in [1.29, 1.82) is 0 Å². The van der Waals surface area contributed by atoms with E-state index in [-0.39, 0.29) is 5.95 Å². The lowest BCUT2D eigenvalue weighted by Crippen LogP contribution is -2.42. The first-order chi connectivity index (χ1) is 13.7. The number of amides is 1. The number of carbonyl (C=O) groups excluding carboxylic acids is 1. The number of fused-ring (bicyclic) bond motifs is 1. The first kappa shape index (κ1) is 21.1. The van der Waals surface area contributed by atoms with Gasteiger partial charge in [-0.15, -0.1) is 0 Å². The smallest absolute Gasteiger partial charge is 0.249 e. The van der Waals surface area contributed by atoms with E-state index in [1.807, 2.05) is 25.1 Å². The average Bonchev–Trinajstić information content (AvgIpc) is 2.66. The standard InChI is InChI=1S/C22H28F2N4O/c1-5-7-14(3)28(4)19(6-2)15-8-9-16-13-25-21(26-18(16)10-15)27-20(29)17-11-22(23,24)12-17/h6,8-10,13-14,17H,5,7,11-12H2,1-4H3,(H,25,26,27,29)/b19-6-. The fraction of sp³-hybridized carbons (Fsp3) is 0.500. The predicted octanol–water partition coefficient (Wildman–Crippen LogP) is 5.09. The largest absolute Gasteiger partial charge is 0.372 e. The molecule has 29 heavy (non-hydrogen) atoms. The Morgan fingerprint density at radius 3 is 2.76 bits per heavy atom. The molecular formula is C22H28F2N4O. The molecule has 1 aromatic carbocycles. The zero-order valence-corrected chi connectivity index (χ0v) is 17.4. The molecule has 5 nitrogen and oxygen atoms in total. The van der Waals surface area contributed by atoms with Crippen molar-refractivity contribution in [3.63, 3.8) is 0 Å². The molecule has 1 saturated carbocycles. The van der Waals surface area contributed by atoms with Gasteiger partial charge in [-0.1, -0.05) is 31.6 Å². The van der Waals surface area contributed by atoms with Gasteiger partial charge in [0.15, 0.2) is 0 Å². The molecule has 0 bridgehead atoms. The molecule has 1 heterocycles. The molecule has 1 unspecified atom stereocenters. The normalized spacial score (nSPS) is 17.7. The monoisotopic (exact) mass is 402 g/mol. The van der Waals surface area contributed by atoms with Crippen LogP contribution in [-0.2, 0) is 4.79 Å². The van der Waals surface area contributed by atoms with Gasteiger partial charge in [-0.25, -0.2) is 18.7 Å². The zero-order valence-electron chi connectivity index (χ0n) is 17.4. The minimum absolute atomic E-state index is 0.143. The Morgan fingerprint density at radius 1 is 1.41 bits per heavy atom. The number of aromatic nitrogens is 2. The minimum Gasteiger partial charge on any atom is -0.372 e. The number of nitrogens with one attached hydrogen (secondary N) is 1. The maximum Gasteiger partial charge on any atom is 0.249 e. The van der Waals surface area contributed by atoms with Crippen molar-refractivity contribution in [2.45, 2.75) is 58.4 Å². The number of halogens is 2. The van der Waals surface area contributed by atoms with Crippen LogP contribution in [-0.4, -0.2) is 39.8 Å². The van der Waals surface area contributed by atoms with Gasteiger partial charge < -0.3 is 4.90 Å². The number of anilines is 1. The second-order valence-corrected chi connectivity index (χ2v) is 7.84. The zero-order chi connectivity index (χ0) is 21.2. The van der Waals surface area contributed by atoms with E-state index in [2.05, 4.69) is 47.2 Å². The third kappa shape index (κ3) is 4.71. The van der Waals surface area contributed by atoms with Crippen LogP contribution in [0.5, 0.6) is 0 Å². The Bertz CT molecular complexity index is 920. The quantitative estimate of drug-likeness (QED) is 0.700. The summed E-state index contributed by atoms with van der Waals surface area (Å²) in [5.74, 6) is -3.72. The van der Waals surface area contributed by atoms with Crippen LogP contribution in [0, 0.1) is 5.92 Å².